The van der Waals surface area contributed by atoms with Crippen LogP contribution >= 0.6 is 50.5 Å². The summed E-state index contributed by atoms with van der Waals surface area (Å²) in [5.74, 6) is 1.26. The van der Waals surface area contributed by atoms with Crippen LogP contribution in [0.25, 0.3) is 11.0 Å². The van der Waals surface area contributed by atoms with Crippen molar-refractivity contribution in [3.8, 4) is 0 Å². The van der Waals surface area contributed by atoms with Gasteiger partial charge in [0, 0.05) is 9.35 Å². The van der Waals surface area contributed by atoms with Gasteiger partial charge in [0.1, 0.15) is 5.82 Å². The van der Waals surface area contributed by atoms with Gasteiger partial charge >= 0.3 is 0 Å². The van der Waals surface area contributed by atoms with Gasteiger partial charge in [0.2, 0.25) is 0 Å². The number of aromatic nitrogens is 2. The first-order chi connectivity index (χ1) is 9.60. The van der Waals surface area contributed by atoms with E-state index in [-0.39, 0.29) is 6.04 Å². The monoisotopic (exact) mass is 388 g/mol. The number of hydrogen-bond donors (Lipinski definition) is 0. The highest BCUT2D eigenvalue weighted by Gasteiger charge is 2.18. The van der Waals surface area contributed by atoms with Crippen LogP contribution in [0.2, 0.25) is 4.34 Å². The van der Waals surface area contributed by atoms with Gasteiger partial charge in [0.25, 0.3) is 0 Å². The summed E-state index contributed by atoms with van der Waals surface area (Å²) in [5, 5.41) is 0. The van der Waals surface area contributed by atoms with E-state index in [2.05, 4.69) is 44.5 Å². The van der Waals surface area contributed by atoms with Crippen LogP contribution in [0.3, 0.4) is 0 Å². The van der Waals surface area contributed by atoms with Gasteiger partial charge in [-0.1, -0.05) is 27.5 Å². The number of benzene rings is 1. The zero-order valence-corrected chi connectivity index (χ0v) is 14.5. The number of thiophene rings is 1. The molecule has 0 saturated heterocycles. The molecule has 0 aliphatic carbocycles. The zero-order valence-electron chi connectivity index (χ0n) is 10.6. The van der Waals surface area contributed by atoms with E-state index in [1.807, 2.05) is 18.2 Å². The molecular weight excluding hydrogens is 379 g/mol. The third-order valence-corrected chi connectivity index (χ3v) is 5.37. The molecule has 1 aromatic carbocycles. The Morgan fingerprint density at radius 3 is 2.80 bits per heavy atom. The number of nitrogens with zero attached hydrogens (tertiary/aromatic N) is 2. The third kappa shape index (κ3) is 2.50. The van der Waals surface area contributed by atoms with E-state index in [4.69, 9.17) is 23.2 Å². The Bertz CT molecular complexity index is 766. The van der Waals surface area contributed by atoms with Crippen LogP contribution in [0.1, 0.15) is 23.7 Å². The van der Waals surface area contributed by atoms with Gasteiger partial charge < -0.3 is 4.57 Å². The van der Waals surface area contributed by atoms with Gasteiger partial charge in [0.15, 0.2) is 0 Å². The number of imidazole rings is 1. The highest BCUT2D eigenvalue weighted by atomic mass is 79.9. The predicted molar refractivity (Wildman–Crippen MR) is 90.1 cm³/mol. The zero-order chi connectivity index (χ0) is 14.3. The Morgan fingerprint density at radius 2 is 2.15 bits per heavy atom. The van der Waals surface area contributed by atoms with Crippen molar-refractivity contribution in [1.82, 2.24) is 9.55 Å². The minimum atomic E-state index is 0.160. The lowest BCUT2D eigenvalue weighted by molar-refractivity contribution is 0.644. The summed E-state index contributed by atoms with van der Waals surface area (Å²) < 4.78 is 3.99. The Balaban J connectivity index is 2.18. The summed E-state index contributed by atoms with van der Waals surface area (Å²) in [6.07, 6.45) is 0. The fourth-order valence-electron chi connectivity index (χ4n) is 2.33. The molecule has 0 aliphatic rings. The maximum Gasteiger partial charge on any atom is 0.125 e. The minimum absolute atomic E-state index is 0.160. The number of fused-ring (bicyclic) bond motifs is 1. The fourth-order valence-corrected chi connectivity index (χ4v) is 3.97. The molecule has 0 bridgehead atoms. The average molecular weight is 390 g/mol. The maximum atomic E-state index is 6.06. The number of hydrogen-bond acceptors (Lipinski definition) is 2. The van der Waals surface area contributed by atoms with Crippen molar-refractivity contribution < 1.29 is 0 Å². The normalized spacial score (nSPS) is 13.0. The summed E-state index contributed by atoms with van der Waals surface area (Å²) in [7, 11) is 0. The van der Waals surface area contributed by atoms with E-state index in [1.54, 1.807) is 11.3 Å². The summed E-state index contributed by atoms with van der Waals surface area (Å²) in [6.45, 7) is 2.14. The topological polar surface area (TPSA) is 17.8 Å². The van der Waals surface area contributed by atoms with E-state index in [9.17, 15) is 0 Å². The third-order valence-electron chi connectivity index (χ3n) is 3.24. The van der Waals surface area contributed by atoms with Crippen molar-refractivity contribution in [2.75, 3.05) is 0 Å². The standard InChI is InChI=1S/C14H11BrCl2N2S/c1-8(12-4-5-13(17)20-12)19-11-3-2-9(15)6-10(11)18-14(19)7-16/h2-6,8H,7H2,1H3. The van der Waals surface area contributed by atoms with Crippen LogP contribution in [0.5, 0.6) is 0 Å². The summed E-state index contributed by atoms with van der Waals surface area (Å²) in [4.78, 5) is 5.82. The molecule has 2 heterocycles. The molecule has 0 aliphatic heterocycles. The van der Waals surface area contributed by atoms with Gasteiger partial charge in [-0.15, -0.1) is 22.9 Å². The largest absolute Gasteiger partial charge is 0.319 e. The summed E-state index contributed by atoms with van der Waals surface area (Å²) >= 11 is 17.2. The highest BCUT2D eigenvalue weighted by molar-refractivity contribution is 9.10. The minimum Gasteiger partial charge on any atom is -0.319 e. The first-order valence-corrected chi connectivity index (χ1v) is 8.60. The van der Waals surface area contributed by atoms with Crippen molar-refractivity contribution in [1.29, 1.82) is 0 Å². The molecule has 1 atom stereocenters. The van der Waals surface area contributed by atoms with Crippen LogP contribution in [0.15, 0.2) is 34.8 Å². The number of halogens is 3. The van der Waals surface area contributed by atoms with Crippen LogP contribution < -0.4 is 0 Å². The van der Waals surface area contributed by atoms with Gasteiger partial charge in [-0.3, -0.25) is 0 Å². The Kier molecular flexibility index (Phi) is 4.09. The molecule has 20 heavy (non-hydrogen) atoms. The molecular formula is C14H11BrCl2N2S. The second-order valence-corrected chi connectivity index (χ2v) is 7.41. The van der Waals surface area contributed by atoms with E-state index in [0.717, 1.165) is 25.7 Å². The molecule has 0 amide bonds. The Morgan fingerprint density at radius 1 is 1.35 bits per heavy atom. The molecule has 0 saturated carbocycles. The Labute approximate surface area is 139 Å². The molecule has 0 fully saturated rings. The van der Waals surface area contributed by atoms with Crippen molar-refractivity contribution in [2.24, 2.45) is 0 Å². The molecule has 3 rings (SSSR count). The van der Waals surface area contributed by atoms with Crippen molar-refractivity contribution in [3.63, 3.8) is 0 Å². The molecule has 0 N–H and O–H groups in total. The van der Waals surface area contributed by atoms with Crippen LogP contribution in [0.4, 0.5) is 0 Å². The second kappa shape index (κ2) is 5.68. The molecule has 1 unspecified atom stereocenters. The van der Waals surface area contributed by atoms with Gasteiger partial charge in [0.05, 0.1) is 27.3 Å². The average Bonchev–Trinajstić information content (AvgIpc) is 3.00. The molecule has 6 heteroatoms. The van der Waals surface area contributed by atoms with Crippen LogP contribution in [-0.4, -0.2) is 9.55 Å². The summed E-state index contributed by atoms with van der Waals surface area (Å²) in [5.41, 5.74) is 2.03. The Hall–Kier alpha value is -0.550. The van der Waals surface area contributed by atoms with E-state index in [0.29, 0.717) is 5.88 Å². The molecule has 2 aromatic heterocycles. The second-order valence-electron chi connectivity index (χ2n) is 4.48. The van der Waals surface area contributed by atoms with Gasteiger partial charge in [-0.2, -0.15) is 0 Å². The smallest absolute Gasteiger partial charge is 0.125 e. The molecule has 0 spiro atoms. The quantitative estimate of drug-likeness (QED) is 0.512. The van der Waals surface area contributed by atoms with Crippen molar-refractivity contribution in [3.05, 3.63) is 49.8 Å². The van der Waals surface area contributed by atoms with Crippen LogP contribution in [-0.2, 0) is 5.88 Å². The number of alkyl halides is 1. The van der Waals surface area contributed by atoms with Gasteiger partial charge in [-0.25, -0.2) is 4.98 Å². The van der Waals surface area contributed by atoms with Crippen LogP contribution in [0, 0.1) is 0 Å². The maximum absolute atomic E-state index is 6.06. The predicted octanol–water partition coefficient (Wildman–Crippen LogP) is 5.86. The fraction of sp³-hybridized carbons (Fsp3) is 0.214. The lowest BCUT2D eigenvalue weighted by Gasteiger charge is -2.15. The van der Waals surface area contributed by atoms with E-state index in [1.165, 1.54) is 4.88 Å². The number of rotatable bonds is 3. The van der Waals surface area contributed by atoms with E-state index >= 15 is 0 Å². The van der Waals surface area contributed by atoms with Crippen molar-refractivity contribution >= 4 is 61.5 Å². The van der Waals surface area contributed by atoms with Crippen molar-refractivity contribution in [2.45, 2.75) is 18.8 Å². The SMILES string of the molecule is CC(c1ccc(Cl)s1)n1c(CCl)nc2cc(Br)ccc21. The van der Waals surface area contributed by atoms with E-state index < -0.39 is 0 Å². The van der Waals surface area contributed by atoms with Gasteiger partial charge in [-0.05, 0) is 37.3 Å². The molecule has 0 radical (unpaired) electrons. The molecule has 3 aromatic rings. The summed E-state index contributed by atoms with van der Waals surface area (Å²) in [6, 6.07) is 10.2. The first kappa shape index (κ1) is 14.4. The molecule has 104 valence electrons. The lowest BCUT2D eigenvalue weighted by atomic mass is 10.2. The highest BCUT2D eigenvalue weighted by Crippen LogP contribution is 2.33. The lowest BCUT2D eigenvalue weighted by Crippen LogP contribution is -2.08. The first-order valence-electron chi connectivity index (χ1n) is 6.07. The molecule has 2 nitrogen and oxygen atoms in total.